The van der Waals surface area contributed by atoms with Crippen molar-refractivity contribution in [3.05, 3.63) is 11.8 Å². The van der Waals surface area contributed by atoms with E-state index in [-0.39, 0.29) is 5.41 Å². The molecule has 4 heteroatoms. The minimum absolute atomic E-state index is 0.275. The number of nitrogens with zero attached hydrogens (tertiary/aromatic N) is 2. The van der Waals surface area contributed by atoms with Crippen molar-refractivity contribution < 1.29 is 9.53 Å². The first kappa shape index (κ1) is 9.87. The van der Waals surface area contributed by atoms with E-state index in [0.717, 1.165) is 19.4 Å². The van der Waals surface area contributed by atoms with Crippen LogP contribution in [0.15, 0.2) is 6.20 Å². The van der Waals surface area contributed by atoms with E-state index in [1.807, 2.05) is 4.68 Å². The Hall–Kier alpha value is -1.32. The minimum atomic E-state index is 0.275. The molecule has 1 fully saturated rings. The summed E-state index contributed by atoms with van der Waals surface area (Å²) in [5.41, 5.74) is 0.850. The summed E-state index contributed by atoms with van der Waals surface area (Å²) in [4.78, 5) is 10.8. The SMILES string of the molecule is O=Cc1cnn2c1OCC1(CCCCC1)C2. The number of aromatic nitrogens is 2. The Balaban J connectivity index is 1.88. The van der Waals surface area contributed by atoms with Crippen molar-refractivity contribution in [1.29, 1.82) is 0 Å². The highest BCUT2D eigenvalue weighted by Gasteiger charge is 2.38. The molecule has 3 rings (SSSR count). The number of fused-ring (bicyclic) bond motifs is 1. The maximum atomic E-state index is 10.8. The van der Waals surface area contributed by atoms with Gasteiger partial charge in [0.15, 0.2) is 6.29 Å². The van der Waals surface area contributed by atoms with Gasteiger partial charge in [0.1, 0.15) is 0 Å². The standard InChI is InChI=1S/C12H16N2O2/c15-7-10-6-13-14-8-12(9-16-11(10)14)4-2-1-3-5-12/h6-7H,1-5,8-9H2. The van der Waals surface area contributed by atoms with Crippen LogP contribution in [0.1, 0.15) is 42.5 Å². The number of rotatable bonds is 1. The average Bonchev–Trinajstić information content (AvgIpc) is 2.72. The molecule has 86 valence electrons. The molecular weight excluding hydrogens is 204 g/mol. The first-order valence-corrected chi connectivity index (χ1v) is 5.97. The summed E-state index contributed by atoms with van der Waals surface area (Å²) in [6, 6.07) is 0. The molecular formula is C12H16N2O2. The molecule has 4 nitrogen and oxygen atoms in total. The smallest absolute Gasteiger partial charge is 0.222 e. The molecule has 1 saturated carbocycles. The molecule has 1 aromatic rings. The monoisotopic (exact) mass is 220 g/mol. The van der Waals surface area contributed by atoms with Crippen molar-refractivity contribution in [2.45, 2.75) is 38.6 Å². The summed E-state index contributed by atoms with van der Waals surface area (Å²) in [6.07, 6.45) is 8.79. The van der Waals surface area contributed by atoms with Crippen LogP contribution >= 0.6 is 0 Å². The Kier molecular flexibility index (Phi) is 2.23. The molecule has 1 aliphatic heterocycles. The molecule has 0 amide bonds. The van der Waals surface area contributed by atoms with E-state index >= 15 is 0 Å². The van der Waals surface area contributed by atoms with E-state index in [4.69, 9.17) is 4.74 Å². The van der Waals surface area contributed by atoms with Crippen LogP contribution in [-0.2, 0) is 6.54 Å². The van der Waals surface area contributed by atoms with Crippen molar-refractivity contribution >= 4 is 6.29 Å². The number of ether oxygens (including phenoxy) is 1. The third-order valence-electron chi connectivity index (χ3n) is 3.86. The number of hydrogen-bond acceptors (Lipinski definition) is 3. The van der Waals surface area contributed by atoms with Crippen LogP contribution < -0.4 is 4.74 Å². The lowest BCUT2D eigenvalue weighted by Gasteiger charge is -2.40. The lowest BCUT2D eigenvalue weighted by atomic mass is 9.74. The third kappa shape index (κ3) is 1.44. The van der Waals surface area contributed by atoms with Crippen molar-refractivity contribution in [2.75, 3.05) is 6.61 Å². The van der Waals surface area contributed by atoms with E-state index < -0.39 is 0 Å². The van der Waals surface area contributed by atoms with Crippen LogP contribution in [0.5, 0.6) is 5.88 Å². The highest BCUT2D eigenvalue weighted by atomic mass is 16.5. The predicted molar refractivity (Wildman–Crippen MR) is 58.6 cm³/mol. The number of carbonyl (C=O) groups is 1. The molecule has 2 heterocycles. The number of carbonyl (C=O) groups excluding carboxylic acids is 1. The zero-order valence-corrected chi connectivity index (χ0v) is 9.32. The molecule has 0 N–H and O–H groups in total. The minimum Gasteiger partial charge on any atom is -0.477 e. The van der Waals surface area contributed by atoms with Gasteiger partial charge >= 0.3 is 0 Å². The van der Waals surface area contributed by atoms with Crippen molar-refractivity contribution in [3.8, 4) is 5.88 Å². The second kappa shape index (κ2) is 3.61. The van der Waals surface area contributed by atoms with Crippen LogP contribution in [0, 0.1) is 5.41 Å². The Morgan fingerprint density at radius 1 is 1.38 bits per heavy atom. The highest BCUT2D eigenvalue weighted by molar-refractivity contribution is 5.77. The van der Waals surface area contributed by atoms with Gasteiger partial charge in [-0.1, -0.05) is 19.3 Å². The van der Waals surface area contributed by atoms with E-state index in [2.05, 4.69) is 5.10 Å². The first-order valence-electron chi connectivity index (χ1n) is 5.97. The topological polar surface area (TPSA) is 44.1 Å². The molecule has 0 atom stereocenters. The summed E-state index contributed by atoms with van der Waals surface area (Å²) < 4.78 is 7.61. The van der Waals surface area contributed by atoms with E-state index in [0.29, 0.717) is 11.4 Å². The normalized spacial score (nSPS) is 22.5. The van der Waals surface area contributed by atoms with E-state index in [9.17, 15) is 4.79 Å². The molecule has 1 spiro atoms. The summed E-state index contributed by atoms with van der Waals surface area (Å²) in [6.45, 7) is 1.66. The summed E-state index contributed by atoms with van der Waals surface area (Å²) in [5, 5.41) is 4.24. The second-order valence-electron chi connectivity index (χ2n) is 5.03. The maximum Gasteiger partial charge on any atom is 0.222 e. The molecule has 0 radical (unpaired) electrons. The van der Waals surface area contributed by atoms with Crippen molar-refractivity contribution in [1.82, 2.24) is 9.78 Å². The van der Waals surface area contributed by atoms with Crippen molar-refractivity contribution in [3.63, 3.8) is 0 Å². The van der Waals surface area contributed by atoms with Gasteiger partial charge < -0.3 is 4.74 Å². The maximum absolute atomic E-state index is 10.8. The zero-order valence-electron chi connectivity index (χ0n) is 9.32. The lowest BCUT2D eigenvalue weighted by molar-refractivity contribution is 0.0350. The lowest BCUT2D eigenvalue weighted by Crippen LogP contribution is -2.39. The fraction of sp³-hybridized carbons (Fsp3) is 0.667. The van der Waals surface area contributed by atoms with Crippen LogP contribution in [-0.4, -0.2) is 22.7 Å². The Bertz CT molecular complexity index is 405. The van der Waals surface area contributed by atoms with Gasteiger partial charge in [0.05, 0.1) is 24.9 Å². The molecule has 16 heavy (non-hydrogen) atoms. The Morgan fingerprint density at radius 3 is 2.94 bits per heavy atom. The Labute approximate surface area is 94.6 Å². The number of aldehydes is 1. The molecule has 1 aromatic heterocycles. The van der Waals surface area contributed by atoms with Gasteiger partial charge in [-0.15, -0.1) is 0 Å². The summed E-state index contributed by atoms with van der Waals surface area (Å²) >= 11 is 0. The van der Waals surface area contributed by atoms with Gasteiger partial charge in [-0.3, -0.25) is 4.79 Å². The fourth-order valence-corrected chi connectivity index (χ4v) is 2.93. The van der Waals surface area contributed by atoms with Crippen molar-refractivity contribution in [2.24, 2.45) is 5.41 Å². The quantitative estimate of drug-likeness (QED) is 0.680. The van der Waals surface area contributed by atoms with Gasteiger partial charge in [0, 0.05) is 5.41 Å². The first-order chi connectivity index (χ1) is 7.83. The molecule has 1 aliphatic carbocycles. The van der Waals surface area contributed by atoms with Gasteiger partial charge in [0.25, 0.3) is 0 Å². The van der Waals surface area contributed by atoms with Crippen LogP contribution in [0.4, 0.5) is 0 Å². The molecule has 0 aromatic carbocycles. The Morgan fingerprint density at radius 2 is 2.19 bits per heavy atom. The fourth-order valence-electron chi connectivity index (χ4n) is 2.93. The number of hydrogen-bond donors (Lipinski definition) is 0. The van der Waals surface area contributed by atoms with Gasteiger partial charge in [-0.2, -0.15) is 5.10 Å². The van der Waals surface area contributed by atoms with E-state index in [1.54, 1.807) is 6.20 Å². The highest BCUT2D eigenvalue weighted by Crippen LogP contribution is 2.41. The van der Waals surface area contributed by atoms with Crippen LogP contribution in [0.25, 0.3) is 0 Å². The zero-order chi connectivity index (χ0) is 11.0. The molecule has 0 unspecified atom stereocenters. The van der Waals surface area contributed by atoms with Gasteiger partial charge in [0.2, 0.25) is 5.88 Å². The largest absolute Gasteiger partial charge is 0.477 e. The summed E-state index contributed by atoms with van der Waals surface area (Å²) in [7, 11) is 0. The molecule has 2 aliphatic rings. The third-order valence-corrected chi connectivity index (χ3v) is 3.86. The van der Waals surface area contributed by atoms with E-state index in [1.165, 1.54) is 32.1 Å². The van der Waals surface area contributed by atoms with Crippen LogP contribution in [0.2, 0.25) is 0 Å². The van der Waals surface area contributed by atoms with Crippen LogP contribution in [0.3, 0.4) is 0 Å². The van der Waals surface area contributed by atoms with Gasteiger partial charge in [-0.05, 0) is 12.8 Å². The second-order valence-corrected chi connectivity index (χ2v) is 5.03. The average molecular weight is 220 g/mol. The predicted octanol–water partition coefficient (Wildman–Crippen LogP) is 2.04. The van der Waals surface area contributed by atoms with Gasteiger partial charge in [-0.25, -0.2) is 4.68 Å². The molecule has 0 bridgehead atoms. The molecule has 0 saturated heterocycles. The summed E-state index contributed by atoms with van der Waals surface area (Å²) in [5.74, 6) is 0.659.